The van der Waals surface area contributed by atoms with E-state index in [0.29, 0.717) is 17.1 Å². The van der Waals surface area contributed by atoms with E-state index in [1.54, 1.807) is 24.3 Å². The van der Waals surface area contributed by atoms with Crippen LogP contribution in [-0.2, 0) is 23.0 Å². The number of aryl methyl sites for hydroxylation is 2. The summed E-state index contributed by atoms with van der Waals surface area (Å²) in [7, 11) is -0.476. The van der Waals surface area contributed by atoms with Gasteiger partial charge in [0.15, 0.2) is 0 Å². The summed E-state index contributed by atoms with van der Waals surface area (Å²) in [5.41, 5.74) is 3.77. The van der Waals surface area contributed by atoms with Crippen LogP contribution in [0.5, 0.6) is 0 Å². The van der Waals surface area contributed by atoms with Crippen molar-refractivity contribution in [2.24, 2.45) is 0 Å². The summed E-state index contributed by atoms with van der Waals surface area (Å²) < 4.78 is 25.4. The Kier molecular flexibility index (Phi) is 6.70. The number of hydrogen-bond donors (Lipinski definition) is 1. The van der Waals surface area contributed by atoms with Gasteiger partial charge in [-0.2, -0.15) is 0 Å². The van der Waals surface area contributed by atoms with Crippen molar-refractivity contribution in [1.29, 1.82) is 0 Å². The van der Waals surface area contributed by atoms with Crippen LogP contribution in [0.25, 0.3) is 10.6 Å². The third-order valence-electron chi connectivity index (χ3n) is 4.77. The van der Waals surface area contributed by atoms with Crippen LogP contribution in [-0.4, -0.2) is 37.7 Å². The fraction of sp³-hybridized carbons (Fsp3) is 0.273. The highest BCUT2D eigenvalue weighted by molar-refractivity contribution is 7.89. The number of hydrogen-bond acceptors (Lipinski definition) is 5. The first kappa shape index (κ1) is 22.1. The molecule has 0 saturated carbocycles. The first-order valence-electron chi connectivity index (χ1n) is 9.58. The maximum atomic E-state index is 12.7. The van der Waals surface area contributed by atoms with Crippen molar-refractivity contribution in [2.75, 3.05) is 14.1 Å². The van der Waals surface area contributed by atoms with Crippen molar-refractivity contribution in [3.05, 3.63) is 70.2 Å². The molecule has 2 aromatic carbocycles. The molecule has 0 aliphatic carbocycles. The van der Waals surface area contributed by atoms with E-state index in [4.69, 9.17) is 0 Å². The molecule has 0 atom stereocenters. The van der Waals surface area contributed by atoms with Crippen LogP contribution in [0, 0.1) is 6.92 Å². The van der Waals surface area contributed by atoms with Crippen LogP contribution < -0.4 is 5.32 Å². The maximum absolute atomic E-state index is 12.7. The summed E-state index contributed by atoms with van der Waals surface area (Å²) in [6.07, 6.45) is 0.979. The lowest BCUT2D eigenvalue weighted by Crippen LogP contribution is -2.23. The summed E-state index contributed by atoms with van der Waals surface area (Å²) in [5, 5.41) is 3.71. The number of carbonyl (C=O) groups is 1. The van der Waals surface area contributed by atoms with Crippen LogP contribution in [0.15, 0.2) is 53.4 Å². The number of benzene rings is 2. The molecule has 0 spiro atoms. The average Bonchev–Trinajstić information content (AvgIpc) is 3.14. The Hall–Kier alpha value is -2.55. The van der Waals surface area contributed by atoms with Crippen molar-refractivity contribution in [2.45, 2.75) is 31.7 Å². The van der Waals surface area contributed by atoms with Crippen LogP contribution in [0.2, 0.25) is 0 Å². The van der Waals surface area contributed by atoms with Gasteiger partial charge in [0.2, 0.25) is 10.0 Å². The predicted molar refractivity (Wildman–Crippen MR) is 120 cm³/mol. The molecular formula is C22H25N3O3S2. The minimum Gasteiger partial charge on any atom is -0.347 e. The van der Waals surface area contributed by atoms with Gasteiger partial charge in [0.25, 0.3) is 5.91 Å². The molecular weight excluding hydrogens is 418 g/mol. The van der Waals surface area contributed by atoms with E-state index >= 15 is 0 Å². The Labute approximate surface area is 181 Å². The normalized spacial score (nSPS) is 11.6. The Morgan fingerprint density at radius 3 is 2.20 bits per heavy atom. The number of sulfonamides is 1. The van der Waals surface area contributed by atoms with Crippen LogP contribution in [0.1, 0.15) is 33.4 Å². The lowest BCUT2D eigenvalue weighted by Gasteiger charge is -2.11. The van der Waals surface area contributed by atoms with Gasteiger partial charge in [-0.05, 0) is 36.6 Å². The lowest BCUT2D eigenvalue weighted by atomic mass is 10.1. The topological polar surface area (TPSA) is 79.4 Å². The highest BCUT2D eigenvalue weighted by Crippen LogP contribution is 2.28. The second-order valence-electron chi connectivity index (χ2n) is 7.10. The Balaban J connectivity index is 1.68. The van der Waals surface area contributed by atoms with Gasteiger partial charge in [0, 0.05) is 26.2 Å². The van der Waals surface area contributed by atoms with E-state index < -0.39 is 10.0 Å². The van der Waals surface area contributed by atoms with Crippen molar-refractivity contribution in [1.82, 2.24) is 14.6 Å². The number of thiazole rings is 1. The van der Waals surface area contributed by atoms with E-state index in [1.807, 2.05) is 19.1 Å². The van der Waals surface area contributed by atoms with Gasteiger partial charge in [0.05, 0.1) is 10.6 Å². The van der Waals surface area contributed by atoms with Crippen molar-refractivity contribution >= 4 is 27.3 Å². The summed E-state index contributed by atoms with van der Waals surface area (Å²) in [5.74, 6) is -0.189. The van der Waals surface area contributed by atoms with Gasteiger partial charge in [-0.1, -0.05) is 43.3 Å². The zero-order chi connectivity index (χ0) is 21.9. The molecule has 0 bridgehead atoms. The second kappa shape index (κ2) is 9.07. The second-order valence-corrected chi connectivity index (χ2v) is 10.2. The number of rotatable bonds is 7. The third kappa shape index (κ3) is 4.77. The van der Waals surface area contributed by atoms with Gasteiger partial charge in [-0.25, -0.2) is 17.7 Å². The number of aromatic nitrogens is 1. The van der Waals surface area contributed by atoms with Gasteiger partial charge >= 0.3 is 0 Å². The fourth-order valence-electron chi connectivity index (χ4n) is 2.87. The van der Waals surface area contributed by atoms with Crippen molar-refractivity contribution < 1.29 is 13.2 Å². The van der Waals surface area contributed by atoms with Gasteiger partial charge in [-0.3, -0.25) is 4.79 Å². The summed E-state index contributed by atoms with van der Waals surface area (Å²) in [6.45, 7) is 4.24. The van der Waals surface area contributed by atoms with Crippen LogP contribution in [0.4, 0.5) is 0 Å². The molecule has 0 aliphatic rings. The minimum atomic E-state index is -3.46. The third-order valence-corrected chi connectivity index (χ3v) is 7.80. The summed E-state index contributed by atoms with van der Waals surface area (Å²) in [6, 6.07) is 14.7. The molecule has 30 heavy (non-hydrogen) atoms. The largest absolute Gasteiger partial charge is 0.347 e. The van der Waals surface area contributed by atoms with Crippen LogP contribution in [0.3, 0.4) is 0 Å². The molecule has 1 aromatic heterocycles. The molecule has 1 amide bonds. The standard InChI is InChI=1S/C22H25N3O3S2/c1-5-16-6-10-18(11-7-16)22-24-15(2)20(29-22)21(26)23-14-17-8-12-19(13-9-17)30(27,28)25(3)4/h6-13H,5,14H2,1-4H3,(H,23,26). The fourth-order valence-corrected chi connectivity index (χ4v) is 4.76. The molecule has 0 fully saturated rings. The molecule has 3 aromatic rings. The number of amides is 1. The smallest absolute Gasteiger partial charge is 0.263 e. The van der Waals surface area contributed by atoms with E-state index in [2.05, 4.69) is 29.4 Å². The van der Waals surface area contributed by atoms with Gasteiger partial charge in [0.1, 0.15) is 9.88 Å². The molecule has 8 heteroatoms. The minimum absolute atomic E-state index is 0.189. The predicted octanol–water partition coefficient (Wildman–Crippen LogP) is 3.86. The molecule has 0 aliphatic heterocycles. The summed E-state index contributed by atoms with van der Waals surface area (Å²) >= 11 is 1.37. The molecule has 1 N–H and O–H groups in total. The van der Waals surface area contributed by atoms with E-state index in [9.17, 15) is 13.2 Å². The molecule has 0 saturated heterocycles. The van der Waals surface area contributed by atoms with Crippen LogP contribution >= 0.6 is 11.3 Å². The zero-order valence-corrected chi connectivity index (χ0v) is 19.1. The first-order chi connectivity index (χ1) is 14.2. The Morgan fingerprint density at radius 2 is 1.63 bits per heavy atom. The van der Waals surface area contributed by atoms with Gasteiger partial charge in [-0.15, -0.1) is 11.3 Å². The highest BCUT2D eigenvalue weighted by Gasteiger charge is 2.18. The lowest BCUT2D eigenvalue weighted by molar-refractivity contribution is 0.0954. The van der Waals surface area contributed by atoms with Crippen molar-refractivity contribution in [3.8, 4) is 10.6 Å². The molecule has 3 rings (SSSR count). The number of carbonyl (C=O) groups excluding carboxylic acids is 1. The van der Waals surface area contributed by atoms with E-state index in [0.717, 1.165) is 22.6 Å². The SMILES string of the molecule is CCc1ccc(-c2nc(C)c(C(=O)NCc3ccc(S(=O)(=O)N(C)C)cc3)s2)cc1. The zero-order valence-electron chi connectivity index (χ0n) is 17.5. The number of nitrogens with one attached hydrogen (secondary N) is 1. The quantitative estimate of drug-likeness (QED) is 0.601. The van der Waals surface area contributed by atoms with E-state index in [-0.39, 0.29) is 10.8 Å². The molecule has 0 radical (unpaired) electrons. The molecule has 158 valence electrons. The average molecular weight is 444 g/mol. The van der Waals surface area contributed by atoms with Crippen molar-refractivity contribution in [3.63, 3.8) is 0 Å². The molecule has 6 nitrogen and oxygen atoms in total. The maximum Gasteiger partial charge on any atom is 0.263 e. The van der Waals surface area contributed by atoms with E-state index in [1.165, 1.54) is 35.3 Å². The van der Waals surface area contributed by atoms with Gasteiger partial charge < -0.3 is 5.32 Å². The highest BCUT2D eigenvalue weighted by atomic mass is 32.2. The summed E-state index contributed by atoms with van der Waals surface area (Å²) in [4.78, 5) is 18.0. The Morgan fingerprint density at radius 1 is 1.03 bits per heavy atom. The number of nitrogens with zero attached hydrogens (tertiary/aromatic N) is 2. The monoisotopic (exact) mass is 443 g/mol. The molecule has 0 unspecified atom stereocenters. The molecule has 1 heterocycles. The Bertz CT molecular complexity index is 1130. The first-order valence-corrected chi connectivity index (χ1v) is 11.8.